The van der Waals surface area contributed by atoms with Gasteiger partial charge in [0.2, 0.25) is 0 Å². The molecule has 2 rings (SSSR count). The summed E-state index contributed by atoms with van der Waals surface area (Å²) in [5.74, 6) is 1.40. The van der Waals surface area contributed by atoms with Crippen molar-refractivity contribution in [3.05, 3.63) is 60.2 Å². The van der Waals surface area contributed by atoms with Crippen LogP contribution in [0.1, 0.15) is 5.56 Å². The molecule has 0 saturated carbocycles. The van der Waals surface area contributed by atoms with E-state index in [1.165, 1.54) is 0 Å². The highest BCUT2D eigenvalue weighted by molar-refractivity contribution is 5.64. The second-order valence-electron chi connectivity index (χ2n) is 4.90. The number of hydrogen-bond donors (Lipinski definition) is 2. The maximum Gasteiger partial charge on any atom is 0.405 e. The summed E-state index contributed by atoms with van der Waals surface area (Å²) in [6.07, 6.45) is -1.10. The van der Waals surface area contributed by atoms with Crippen molar-refractivity contribution in [3.63, 3.8) is 0 Å². The van der Waals surface area contributed by atoms with Crippen LogP contribution < -0.4 is 14.8 Å². The van der Waals surface area contributed by atoms with Gasteiger partial charge in [-0.25, -0.2) is 4.79 Å². The zero-order valence-corrected chi connectivity index (χ0v) is 12.4. The van der Waals surface area contributed by atoms with Crippen LogP contribution in [0.5, 0.6) is 11.5 Å². The predicted octanol–water partition coefficient (Wildman–Crippen LogP) is 3.09. The van der Waals surface area contributed by atoms with Crippen LogP contribution in [0.4, 0.5) is 4.79 Å². The van der Waals surface area contributed by atoms with Crippen LogP contribution in [0.3, 0.4) is 0 Å². The summed E-state index contributed by atoms with van der Waals surface area (Å²) in [5.41, 5.74) is 1.08. The average molecular weight is 301 g/mol. The molecule has 1 atom stereocenters. The lowest BCUT2D eigenvalue weighted by Crippen LogP contribution is -2.42. The van der Waals surface area contributed by atoms with Gasteiger partial charge in [-0.2, -0.15) is 0 Å². The SMILES string of the molecule is Cc1cccc(OC[C@H](COc2ccccc2)NC(=O)O)c1. The van der Waals surface area contributed by atoms with E-state index in [0.717, 1.165) is 5.56 Å². The Morgan fingerprint density at radius 3 is 2.32 bits per heavy atom. The zero-order chi connectivity index (χ0) is 15.8. The molecule has 0 aliphatic carbocycles. The van der Waals surface area contributed by atoms with E-state index in [1.807, 2.05) is 61.5 Å². The number of rotatable bonds is 7. The molecular weight excluding hydrogens is 282 g/mol. The first kappa shape index (κ1) is 15.7. The first-order valence-corrected chi connectivity index (χ1v) is 7.00. The number of nitrogens with one attached hydrogen (secondary N) is 1. The highest BCUT2D eigenvalue weighted by Crippen LogP contribution is 2.13. The van der Waals surface area contributed by atoms with Gasteiger partial charge in [0.1, 0.15) is 30.8 Å². The summed E-state index contributed by atoms with van der Waals surface area (Å²) < 4.78 is 11.2. The maximum atomic E-state index is 10.9. The van der Waals surface area contributed by atoms with Gasteiger partial charge in [0.05, 0.1) is 0 Å². The molecule has 116 valence electrons. The third-order valence-corrected chi connectivity index (χ3v) is 2.96. The number of ether oxygens (including phenoxy) is 2. The molecular formula is C17H19NO4. The molecule has 0 heterocycles. The highest BCUT2D eigenvalue weighted by atomic mass is 16.5. The topological polar surface area (TPSA) is 67.8 Å². The molecule has 0 aromatic heterocycles. The molecule has 2 aromatic rings. The summed E-state index contributed by atoms with van der Waals surface area (Å²) >= 11 is 0. The minimum absolute atomic E-state index is 0.197. The Kier molecular flexibility index (Phi) is 5.65. The Hall–Kier alpha value is -2.69. The second kappa shape index (κ2) is 7.93. The Morgan fingerprint density at radius 1 is 1.05 bits per heavy atom. The lowest BCUT2D eigenvalue weighted by atomic mass is 10.2. The maximum absolute atomic E-state index is 10.9. The van der Waals surface area contributed by atoms with E-state index in [4.69, 9.17) is 14.6 Å². The first-order valence-electron chi connectivity index (χ1n) is 7.00. The van der Waals surface area contributed by atoms with Crippen LogP contribution in [0.25, 0.3) is 0 Å². The highest BCUT2D eigenvalue weighted by Gasteiger charge is 2.13. The van der Waals surface area contributed by atoms with E-state index in [2.05, 4.69) is 5.32 Å². The summed E-state index contributed by atoms with van der Waals surface area (Å²) in [6.45, 7) is 2.36. The lowest BCUT2D eigenvalue weighted by molar-refractivity contribution is 0.162. The van der Waals surface area contributed by atoms with Crippen LogP contribution in [0.15, 0.2) is 54.6 Å². The number of aryl methyl sites for hydroxylation is 1. The molecule has 0 unspecified atom stereocenters. The molecule has 0 radical (unpaired) electrons. The molecule has 22 heavy (non-hydrogen) atoms. The van der Waals surface area contributed by atoms with Gasteiger partial charge in [-0.05, 0) is 36.8 Å². The average Bonchev–Trinajstić information content (AvgIpc) is 2.51. The van der Waals surface area contributed by atoms with Crippen molar-refractivity contribution in [1.29, 1.82) is 0 Å². The van der Waals surface area contributed by atoms with E-state index in [1.54, 1.807) is 0 Å². The van der Waals surface area contributed by atoms with Crippen molar-refractivity contribution in [1.82, 2.24) is 5.32 Å². The van der Waals surface area contributed by atoms with Gasteiger partial charge in [0, 0.05) is 0 Å². The van der Waals surface area contributed by atoms with Crippen LogP contribution in [0.2, 0.25) is 0 Å². The molecule has 5 heteroatoms. The summed E-state index contributed by atoms with van der Waals surface area (Å²) in [6, 6.07) is 16.4. The summed E-state index contributed by atoms with van der Waals surface area (Å²) in [4.78, 5) is 10.9. The fourth-order valence-corrected chi connectivity index (χ4v) is 1.92. The number of carboxylic acid groups (broad SMARTS) is 1. The number of amides is 1. The van der Waals surface area contributed by atoms with Gasteiger partial charge in [0.15, 0.2) is 0 Å². The van der Waals surface area contributed by atoms with E-state index in [9.17, 15) is 4.79 Å². The van der Waals surface area contributed by atoms with E-state index in [0.29, 0.717) is 11.5 Å². The largest absolute Gasteiger partial charge is 0.491 e. The van der Waals surface area contributed by atoms with E-state index in [-0.39, 0.29) is 13.2 Å². The van der Waals surface area contributed by atoms with Gasteiger partial charge in [-0.1, -0.05) is 30.3 Å². The standard InChI is InChI=1S/C17H19NO4/c1-13-6-5-9-16(10-13)22-12-14(18-17(19)20)11-21-15-7-3-2-4-8-15/h2-10,14,18H,11-12H2,1H3,(H,19,20)/t14-/m0/s1. The van der Waals surface area contributed by atoms with Gasteiger partial charge in [-0.15, -0.1) is 0 Å². The normalized spacial score (nSPS) is 11.5. The second-order valence-corrected chi connectivity index (χ2v) is 4.90. The molecule has 0 spiro atoms. The predicted molar refractivity (Wildman–Crippen MR) is 83.6 cm³/mol. The van der Waals surface area contributed by atoms with Crippen LogP contribution in [0, 0.1) is 6.92 Å². The third-order valence-electron chi connectivity index (χ3n) is 2.96. The molecule has 2 aromatic carbocycles. The molecule has 0 saturated heterocycles. The van der Waals surface area contributed by atoms with Crippen molar-refractivity contribution in [3.8, 4) is 11.5 Å². The molecule has 2 N–H and O–H groups in total. The zero-order valence-electron chi connectivity index (χ0n) is 12.4. The molecule has 1 amide bonds. The van der Waals surface area contributed by atoms with Crippen LogP contribution >= 0.6 is 0 Å². The lowest BCUT2D eigenvalue weighted by Gasteiger charge is -2.18. The summed E-state index contributed by atoms with van der Waals surface area (Å²) in [5, 5.41) is 11.3. The summed E-state index contributed by atoms with van der Waals surface area (Å²) in [7, 11) is 0. The Labute approximate surface area is 129 Å². The molecule has 0 aliphatic rings. The minimum Gasteiger partial charge on any atom is -0.491 e. The monoisotopic (exact) mass is 301 g/mol. The Balaban J connectivity index is 1.89. The van der Waals surface area contributed by atoms with Gasteiger partial charge >= 0.3 is 6.09 Å². The Bertz CT molecular complexity index is 601. The first-order chi connectivity index (χ1) is 10.6. The van der Waals surface area contributed by atoms with Crippen molar-refractivity contribution in [2.75, 3.05) is 13.2 Å². The fourth-order valence-electron chi connectivity index (χ4n) is 1.92. The van der Waals surface area contributed by atoms with Gasteiger partial charge < -0.3 is 19.9 Å². The van der Waals surface area contributed by atoms with E-state index >= 15 is 0 Å². The molecule has 5 nitrogen and oxygen atoms in total. The Morgan fingerprint density at radius 2 is 1.68 bits per heavy atom. The van der Waals surface area contributed by atoms with Gasteiger partial charge in [-0.3, -0.25) is 0 Å². The van der Waals surface area contributed by atoms with Crippen LogP contribution in [-0.2, 0) is 0 Å². The number of para-hydroxylation sites is 1. The van der Waals surface area contributed by atoms with Crippen molar-refractivity contribution in [2.45, 2.75) is 13.0 Å². The fraction of sp³-hybridized carbons (Fsp3) is 0.235. The van der Waals surface area contributed by atoms with Gasteiger partial charge in [0.25, 0.3) is 0 Å². The number of carbonyl (C=O) groups is 1. The quantitative estimate of drug-likeness (QED) is 0.824. The van der Waals surface area contributed by atoms with Crippen molar-refractivity contribution >= 4 is 6.09 Å². The third kappa shape index (κ3) is 5.36. The minimum atomic E-state index is -1.10. The smallest absolute Gasteiger partial charge is 0.405 e. The molecule has 0 bridgehead atoms. The van der Waals surface area contributed by atoms with Crippen LogP contribution in [-0.4, -0.2) is 30.5 Å². The molecule has 0 aliphatic heterocycles. The van der Waals surface area contributed by atoms with E-state index < -0.39 is 12.1 Å². The van der Waals surface area contributed by atoms with Crippen molar-refractivity contribution in [2.24, 2.45) is 0 Å². The van der Waals surface area contributed by atoms with Crippen molar-refractivity contribution < 1.29 is 19.4 Å². The molecule has 0 fully saturated rings. The number of benzene rings is 2. The number of hydrogen-bond acceptors (Lipinski definition) is 3.